The summed E-state index contributed by atoms with van der Waals surface area (Å²) in [6, 6.07) is 30.5. The van der Waals surface area contributed by atoms with Crippen molar-refractivity contribution in [1.29, 1.82) is 0 Å². The summed E-state index contributed by atoms with van der Waals surface area (Å²) in [6.07, 6.45) is 7.97. The second-order valence-electron chi connectivity index (χ2n) is 14.8. The van der Waals surface area contributed by atoms with Gasteiger partial charge in [-0.25, -0.2) is 0 Å². The summed E-state index contributed by atoms with van der Waals surface area (Å²) in [5, 5.41) is 13.6. The molecule has 10 nitrogen and oxygen atoms in total. The number of aliphatic hydroxyl groups is 1. The molecule has 0 spiro atoms. The van der Waals surface area contributed by atoms with Crippen LogP contribution in [0.25, 0.3) is 49.6 Å². The molecular weight excluding hydrogens is 715 g/mol. The van der Waals surface area contributed by atoms with E-state index < -0.39 is 5.60 Å². The minimum absolute atomic E-state index is 0.123. The second kappa shape index (κ2) is 14.6. The average Bonchev–Trinajstić information content (AvgIpc) is 3.90. The van der Waals surface area contributed by atoms with Gasteiger partial charge in [-0.15, -0.1) is 0 Å². The standard InChI is InChI=1S/C47H43N5O5/c1-28-8-6-10-33(22-28)56-41-14-12-31(24-37(41)39-26-51(4)45(53)43-35(39)17-20-49-43)47(3,55)19-16-29(2)30-9-7-11-34(23-30)57-42-15-13-32(48)25-38(42)40-27-52(5)46(54)44-36(40)18-21-50-44/h6-15,17-18,20-27,49-50,55H,2,16,19,48H2,1,3-5H3. The molecule has 0 saturated carbocycles. The Morgan fingerprint density at radius 1 is 0.737 bits per heavy atom. The number of nitrogen functional groups attached to an aromatic ring is 1. The van der Waals surface area contributed by atoms with E-state index in [0.29, 0.717) is 58.1 Å². The van der Waals surface area contributed by atoms with Gasteiger partial charge in [0.05, 0.1) is 5.60 Å². The fourth-order valence-corrected chi connectivity index (χ4v) is 7.37. The molecule has 1 unspecified atom stereocenters. The number of nitrogens with one attached hydrogen (secondary N) is 2. The molecule has 286 valence electrons. The van der Waals surface area contributed by atoms with Crippen molar-refractivity contribution in [3.63, 3.8) is 0 Å². The first kappa shape index (κ1) is 36.9. The van der Waals surface area contributed by atoms with Gasteiger partial charge in [-0.2, -0.15) is 0 Å². The zero-order chi connectivity index (χ0) is 40.0. The molecule has 0 radical (unpaired) electrons. The number of pyridine rings is 2. The summed E-state index contributed by atoms with van der Waals surface area (Å²) in [6.45, 7) is 8.21. The molecule has 8 aromatic rings. The van der Waals surface area contributed by atoms with Gasteiger partial charge in [0, 0.05) is 77.6 Å². The van der Waals surface area contributed by atoms with Gasteiger partial charge in [-0.3, -0.25) is 9.59 Å². The number of aryl methyl sites for hydroxylation is 3. The number of rotatable bonds is 11. The highest BCUT2D eigenvalue weighted by atomic mass is 16.5. The number of fused-ring (bicyclic) bond motifs is 2. The van der Waals surface area contributed by atoms with Gasteiger partial charge < -0.3 is 39.4 Å². The Bertz CT molecular complexity index is 2960. The van der Waals surface area contributed by atoms with E-state index in [9.17, 15) is 14.7 Å². The third-order valence-electron chi connectivity index (χ3n) is 10.6. The lowest BCUT2D eigenvalue weighted by Crippen LogP contribution is -2.21. The lowest BCUT2D eigenvalue weighted by molar-refractivity contribution is 0.0494. The van der Waals surface area contributed by atoms with Gasteiger partial charge >= 0.3 is 0 Å². The molecule has 0 saturated heterocycles. The largest absolute Gasteiger partial charge is 0.457 e. The predicted molar refractivity (Wildman–Crippen MR) is 228 cm³/mol. The lowest BCUT2D eigenvalue weighted by atomic mass is 9.86. The maximum atomic E-state index is 13.0. The van der Waals surface area contributed by atoms with Crippen molar-refractivity contribution in [2.45, 2.75) is 32.3 Å². The highest BCUT2D eigenvalue weighted by molar-refractivity contribution is 5.97. The van der Waals surface area contributed by atoms with Crippen molar-refractivity contribution in [2.24, 2.45) is 14.1 Å². The fraction of sp³-hybridized carbons (Fsp3) is 0.149. The zero-order valence-electron chi connectivity index (χ0n) is 32.2. The van der Waals surface area contributed by atoms with E-state index in [1.54, 1.807) is 54.8 Å². The van der Waals surface area contributed by atoms with Crippen LogP contribution in [0.4, 0.5) is 5.69 Å². The van der Waals surface area contributed by atoms with Crippen LogP contribution in [0.15, 0.2) is 138 Å². The Morgan fingerprint density at radius 3 is 1.91 bits per heavy atom. The lowest BCUT2D eigenvalue weighted by Gasteiger charge is -2.26. The van der Waals surface area contributed by atoms with Gasteiger partial charge in [0.15, 0.2) is 0 Å². The molecule has 1 atom stereocenters. The maximum absolute atomic E-state index is 13.0. The van der Waals surface area contributed by atoms with Crippen LogP contribution in [0.5, 0.6) is 23.0 Å². The SMILES string of the molecule is C=C(CCC(C)(O)c1ccc(Oc2cccc(C)c2)c(-c2cn(C)c(=O)c3[nH]ccc23)c1)c1cccc(Oc2ccc(N)cc2-c2cn(C)c(=O)c3[nH]ccc23)c1. The van der Waals surface area contributed by atoms with Gasteiger partial charge in [-0.1, -0.05) is 36.9 Å². The van der Waals surface area contributed by atoms with Crippen LogP contribution in [0, 0.1) is 6.92 Å². The average molecular weight is 758 g/mol. The molecule has 4 aromatic heterocycles. The highest BCUT2D eigenvalue weighted by Gasteiger charge is 2.26. The van der Waals surface area contributed by atoms with Crippen molar-refractivity contribution in [2.75, 3.05) is 5.73 Å². The molecule has 0 fully saturated rings. The summed E-state index contributed by atoms with van der Waals surface area (Å²) < 4.78 is 16.0. The van der Waals surface area contributed by atoms with Crippen LogP contribution < -0.4 is 26.3 Å². The summed E-state index contributed by atoms with van der Waals surface area (Å²) in [4.78, 5) is 31.9. The molecule has 10 heteroatoms. The molecule has 0 aliphatic rings. The van der Waals surface area contributed by atoms with Gasteiger partial charge in [-0.05, 0) is 116 Å². The van der Waals surface area contributed by atoms with Crippen molar-refractivity contribution >= 4 is 33.1 Å². The van der Waals surface area contributed by atoms with Crippen LogP contribution in [0.2, 0.25) is 0 Å². The van der Waals surface area contributed by atoms with Crippen molar-refractivity contribution in [1.82, 2.24) is 19.1 Å². The first-order valence-corrected chi connectivity index (χ1v) is 18.7. The number of allylic oxidation sites excluding steroid dienone is 1. The molecule has 4 heterocycles. The molecular formula is C47H43N5O5. The van der Waals surface area contributed by atoms with E-state index in [1.807, 2.05) is 104 Å². The molecule has 57 heavy (non-hydrogen) atoms. The van der Waals surface area contributed by atoms with E-state index in [1.165, 1.54) is 0 Å². The second-order valence-corrected chi connectivity index (χ2v) is 14.8. The number of nitrogens with two attached hydrogens (primary N) is 1. The quantitative estimate of drug-likeness (QED) is 0.0970. The monoisotopic (exact) mass is 757 g/mol. The predicted octanol–water partition coefficient (Wildman–Crippen LogP) is 9.56. The molecule has 0 bridgehead atoms. The highest BCUT2D eigenvalue weighted by Crippen LogP contribution is 2.42. The number of hydrogen-bond donors (Lipinski definition) is 4. The Kier molecular flexibility index (Phi) is 9.43. The number of benzene rings is 4. The van der Waals surface area contributed by atoms with Crippen molar-refractivity contribution < 1.29 is 14.6 Å². The Labute approximate surface area is 329 Å². The van der Waals surface area contributed by atoms with E-state index in [-0.39, 0.29) is 11.1 Å². The van der Waals surface area contributed by atoms with Crippen molar-refractivity contribution in [3.05, 3.63) is 166 Å². The third-order valence-corrected chi connectivity index (χ3v) is 10.6. The summed E-state index contributed by atoms with van der Waals surface area (Å²) >= 11 is 0. The van der Waals surface area contributed by atoms with Crippen LogP contribution in [-0.4, -0.2) is 24.2 Å². The number of ether oxygens (including phenoxy) is 2. The molecule has 5 N–H and O–H groups in total. The first-order chi connectivity index (χ1) is 27.4. The number of nitrogens with zero attached hydrogens (tertiary/aromatic N) is 2. The molecule has 0 aliphatic carbocycles. The summed E-state index contributed by atoms with van der Waals surface area (Å²) in [5.41, 5.74) is 12.9. The first-order valence-electron chi connectivity index (χ1n) is 18.7. The van der Waals surface area contributed by atoms with Gasteiger partial charge in [0.2, 0.25) is 0 Å². The topological polar surface area (TPSA) is 140 Å². The van der Waals surface area contributed by atoms with Crippen LogP contribution in [0.1, 0.15) is 36.5 Å². The third kappa shape index (κ3) is 7.14. The number of aromatic nitrogens is 4. The van der Waals surface area contributed by atoms with Crippen LogP contribution in [0.3, 0.4) is 0 Å². The zero-order valence-corrected chi connectivity index (χ0v) is 32.2. The number of H-pyrrole nitrogens is 2. The van der Waals surface area contributed by atoms with Gasteiger partial charge in [0.1, 0.15) is 34.0 Å². The van der Waals surface area contributed by atoms with Crippen molar-refractivity contribution in [3.8, 4) is 45.3 Å². The minimum Gasteiger partial charge on any atom is -0.457 e. The molecule has 8 rings (SSSR count). The minimum atomic E-state index is -1.25. The molecule has 0 amide bonds. The van der Waals surface area contributed by atoms with E-state index in [0.717, 1.165) is 49.7 Å². The molecule has 4 aromatic carbocycles. The summed E-state index contributed by atoms with van der Waals surface area (Å²) in [5.74, 6) is 2.47. The number of anilines is 1. The summed E-state index contributed by atoms with van der Waals surface area (Å²) in [7, 11) is 3.44. The Morgan fingerprint density at radius 2 is 1.30 bits per heavy atom. The van der Waals surface area contributed by atoms with Crippen LogP contribution in [-0.2, 0) is 19.7 Å². The van der Waals surface area contributed by atoms with E-state index in [2.05, 4.69) is 16.5 Å². The maximum Gasteiger partial charge on any atom is 0.274 e. The van der Waals surface area contributed by atoms with E-state index in [4.69, 9.17) is 15.2 Å². The van der Waals surface area contributed by atoms with Gasteiger partial charge in [0.25, 0.3) is 11.1 Å². The Hall–Kier alpha value is -7.04. The number of hydrogen-bond acceptors (Lipinski definition) is 6. The number of aromatic amines is 2. The Balaban J connectivity index is 1.06. The fourth-order valence-electron chi connectivity index (χ4n) is 7.37. The molecule has 0 aliphatic heterocycles. The van der Waals surface area contributed by atoms with E-state index >= 15 is 0 Å². The smallest absolute Gasteiger partial charge is 0.274 e. The van der Waals surface area contributed by atoms with Crippen LogP contribution >= 0.6 is 0 Å². The normalized spacial score (nSPS) is 12.5.